The van der Waals surface area contributed by atoms with Crippen molar-refractivity contribution in [3.8, 4) is 0 Å². The summed E-state index contributed by atoms with van der Waals surface area (Å²) < 4.78 is 0. The second-order valence-electron chi connectivity index (χ2n) is 8.69. The number of Topliss-reactive ketones (excluding diaryl/α,β-unsaturated/α-hetero) is 1. The molecule has 3 aliphatic carbocycles. The van der Waals surface area contributed by atoms with E-state index in [1.165, 1.54) is 5.57 Å². The van der Waals surface area contributed by atoms with E-state index in [4.69, 9.17) is 0 Å². The molecular weight excluding hydrogens is 288 g/mol. The Morgan fingerprint density at radius 3 is 2.65 bits per heavy atom. The SMILES string of the molecule is C=C[C@@]1(C)C=C2CC[C@@H]3[C@@](C)(CCC(=O)[C@@]3(C)CO)[C@H]2C[C@H]1O. The molecule has 3 aliphatic rings. The highest BCUT2D eigenvalue weighted by molar-refractivity contribution is 5.86. The molecule has 3 nitrogen and oxygen atoms in total. The van der Waals surface area contributed by atoms with E-state index in [0.29, 0.717) is 12.3 Å². The largest absolute Gasteiger partial charge is 0.395 e. The number of allylic oxidation sites excluding steroid dienone is 1. The third kappa shape index (κ3) is 2.20. The van der Waals surface area contributed by atoms with Crippen LogP contribution in [0, 0.1) is 28.1 Å². The lowest BCUT2D eigenvalue weighted by Gasteiger charge is -2.59. The Balaban J connectivity index is 2.03. The topological polar surface area (TPSA) is 57.5 Å². The Morgan fingerprint density at radius 2 is 2.04 bits per heavy atom. The number of rotatable bonds is 2. The minimum atomic E-state index is -0.622. The zero-order valence-electron chi connectivity index (χ0n) is 14.6. The number of hydrogen-bond acceptors (Lipinski definition) is 3. The molecule has 0 aliphatic heterocycles. The third-order valence-corrected chi connectivity index (χ3v) is 7.50. The number of carbonyl (C=O) groups excluding carboxylic acids is 1. The number of hydrogen-bond donors (Lipinski definition) is 2. The van der Waals surface area contributed by atoms with Crippen LogP contribution in [0.2, 0.25) is 0 Å². The number of fused-ring (bicyclic) bond motifs is 3. The van der Waals surface area contributed by atoms with Crippen molar-refractivity contribution < 1.29 is 15.0 Å². The van der Waals surface area contributed by atoms with E-state index in [1.54, 1.807) is 0 Å². The molecule has 0 unspecified atom stereocenters. The Morgan fingerprint density at radius 1 is 1.35 bits per heavy atom. The Labute approximate surface area is 139 Å². The second kappa shape index (κ2) is 5.29. The summed E-state index contributed by atoms with van der Waals surface area (Å²) >= 11 is 0. The van der Waals surface area contributed by atoms with Gasteiger partial charge in [0.1, 0.15) is 5.78 Å². The fourth-order valence-electron chi connectivity index (χ4n) is 5.70. The fourth-order valence-corrected chi connectivity index (χ4v) is 5.70. The molecule has 3 heteroatoms. The van der Waals surface area contributed by atoms with Crippen LogP contribution in [0.15, 0.2) is 24.3 Å². The van der Waals surface area contributed by atoms with Gasteiger partial charge in [0.05, 0.1) is 18.1 Å². The summed E-state index contributed by atoms with van der Waals surface area (Å²) in [5.74, 6) is 0.717. The van der Waals surface area contributed by atoms with Crippen molar-refractivity contribution in [2.75, 3.05) is 6.61 Å². The van der Waals surface area contributed by atoms with Crippen molar-refractivity contribution in [1.29, 1.82) is 0 Å². The molecule has 2 N–H and O–H groups in total. The van der Waals surface area contributed by atoms with Gasteiger partial charge in [-0.2, -0.15) is 0 Å². The average Bonchev–Trinajstić information content (AvgIpc) is 2.53. The van der Waals surface area contributed by atoms with Crippen LogP contribution >= 0.6 is 0 Å². The van der Waals surface area contributed by atoms with E-state index < -0.39 is 11.5 Å². The maximum Gasteiger partial charge on any atom is 0.141 e. The first-order valence-electron chi connectivity index (χ1n) is 8.89. The van der Waals surface area contributed by atoms with Crippen molar-refractivity contribution in [1.82, 2.24) is 0 Å². The van der Waals surface area contributed by atoms with E-state index in [0.717, 1.165) is 25.7 Å². The Hall–Kier alpha value is -0.930. The van der Waals surface area contributed by atoms with Gasteiger partial charge in [-0.15, -0.1) is 6.58 Å². The number of aliphatic hydroxyl groups is 2. The monoisotopic (exact) mass is 318 g/mol. The van der Waals surface area contributed by atoms with E-state index in [-0.39, 0.29) is 29.1 Å². The molecule has 128 valence electrons. The highest BCUT2D eigenvalue weighted by Gasteiger charge is 2.59. The molecular formula is C20H30O3. The molecule has 0 bridgehead atoms. The van der Waals surface area contributed by atoms with Gasteiger partial charge in [0.25, 0.3) is 0 Å². The molecule has 2 saturated carbocycles. The molecule has 23 heavy (non-hydrogen) atoms. The zero-order chi connectivity index (χ0) is 17.0. The quantitative estimate of drug-likeness (QED) is 0.768. The molecule has 0 aromatic rings. The zero-order valence-corrected chi connectivity index (χ0v) is 14.6. The summed E-state index contributed by atoms with van der Waals surface area (Å²) in [6, 6.07) is 0. The Bertz CT molecular complexity index is 565. The van der Waals surface area contributed by atoms with Gasteiger partial charge < -0.3 is 10.2 Å². The lowest BCUT2D eigenvalue weighted by molar-refractivity contribution is -0.153. The molecule has 0 aromatic heterocycles. The number of carbonyl (C=O) groups is 1. The van der Waals surface area contributed by atoms with Crippen LogP contribution in [0.3, 0.4) is 0 Å². The van der Waals surface area contributed by atoms with Gasteiger partial charge in [-0.1, -0.05) is 38.5 Å². The van der Waals surface area contributed by atoms with Crippen molar-refractivity contribution in [3.63, 3.8) is 0 Å². The van der Waals surface area contributed by atoms with E-state index in [1.807, 2.05) is 19.9 Å². The highest BCUT2D eigenvalue weighted by atomic mass is 16.3. The highest BCUT2D eigenvalue weighted by Crippen LogP contribution is 2.62. The summed E-state index contributed by atoms with van der Waals surface area (Å²) in [5.41, 5.74) is 0.438. The van der Waals surface area contributed by atoms with Crippen molar-refractivity contribution >= 4 is 5.78 Å². The minimum absolute atomic E-state index is 0.0149. The van der Waals surface area contributed by atoms with Crippen LogP contribution in [-0.2, 0) is 4.79 Å². The first-order valence-corrected chi connectivity index (χ1v) is 8.89. The molecule has 0 heterocycles. The fraction of sp³-hybridized carbons (Fsp3) is 0.750. The molecule has 0 amide bonds. The van der Waals surface area contributed by atoms with Gasteiger partial charge in [0.15, 0.2) is 0 Å². The van der Waals surface area contributed by atoms with Gasteiger partial charge in [0, 0.05) is 11.8 Å². The van der Waals surface area contributed by atoms with Crippen LogP contribution in [-0.4, -0.2) is 28.7 Å². The molecule has 0 aromatic carbocycles. The van der Waals surface area contributed by atoms with Crippen LogP contribution < -0.4 is 0 Å². The smallest absolute Gasteiger partial charge is 0.141 e. The predicted octanol–water partition coefficient (Wildman–Crippen LogP) is 3.26. The molecule has 0 spiro atoms. The van der Waals surface area contributed by atoms with Crippen molar-refractivity contribution in [3.05, 3.63) is 24.3 Å². The van der Waals surface area contributed by atoms with E-state index in [9.17, 15) is 15.0 Å². The van der Waals surface area contributed by atoms with Gasteiger partial charge >= 0.3 is 0 Å². The van der Waals surface area contributed by atoms with Gasteiger partial charge in [-0.25, -0.2) is 0 Å². The lowest BCUT2D eigenvalue weighted by atomic mass is 9.45. The molecule has 2 fully saturated rings. The van der Waals surface area contributed by atoms with Crippen LogP contribution in [0.25, 0.3) is 0 Å². The molecule has 0 radical (unpaired) electrons. The van der Waals surface area contributed by atoms with E-state index in [2.05, 4.69) is 19.6 Å². The summed E-state index contributed by atoms with van der Waals surface area (Å²) in [7, 11) is 0. The molecule has 3 rings (SSSR count). The lowest BCUT2D eigenvalue weighted by Crippen LogP contribution is -2.57. The van der Waals surface area contributed by atoms with Crippen LogP contribution in [0.4, 0.5) is 0 Å². The maximum absolute atomic E-state index is 12.5. The van der Waals surface area contributed by atoms with Gasteiger partial charge in [0.2, 0.25) is 0 Å². The van der Waals surface area contributed by atoms with Crippen molar-refractivity contribution in [2.24, 2.45) is 28.1 Å². The molecule has 0 saturated heterocycles. The van der Waals surface area contributed by atoms with Gasteiger partial charge in [-0.3, -0.25) is 4.79 Å². The minimum Gasteiger partial charge on any atom is -0.395 e. The average molecular weight is 318 g/mol. The van der Waals surface area contributed by atoms with E-state index >= 15 is 0 Å². The summed E-state index contributed by atoms with van der Waals surface area (Å²) in [5, 5.41) is 20.6. The normalized spacial score (nSPS) is 49.9. The summed E-state index contributed by atoms with van der Waals surface area (Å²) in [6.45, 7) is 10.1. The number of aliphatic hydroxyl groups excluding tert-OH is 2. The standard InChI is InChI=1S/C20H30O3/c1-5-18(2)11-13-6-7-15-19(3,14(13)10-17(18)23)9-8-16(22)20(15,4)12-21/h5,11,14-15,17,21,23H,1,6-10,12H2,2-4H3/t14-,15+,17+,18-,19-,20-/m0/s1. The summed E-state index contributed by atoms with van der Waals surface area (Å²) in [6.07, 6.45) is 7.72. The third-order valence-electron chi connectivity index (χ3n) is 7.50. The first-order chi connectivity index (χ1) is 10.7. The predicted molar refractivity (Wildman–Crippen MR) is 90.8 cm³/mol. The second-order valence-corrected chi connectivity index (χ2v) is 8.69. The molecule has 6 atom stereocenters. The first kappa shape index (κ1) is 16.9. The van der Waals surface area contributed by atoms with Crippen LogP contribution in [0.1, 0.15) is 52.9 Å². The summed E-state index contributed by atoms with van der Waals surface area (Å²) in [4.78, 5) is 12.5. The number of ketones is 1. The van der Waals surface area contributed by atoms with Gasteiger partial charge in [-0.05, 0) is 42.9 Å². The van der Waals surface area contributed by atoms with Crippen LogP contribution in [0.5, 0.6) is 0 Å². The van der Waals surface area contributed by atoms with Crippen molar-refractivity contribution in [2.45, 2.75) is 59.0 Å². The maximum atomic E-state index is 12.5. The Kier molecular flexibility index (Phi) is 3.89.